The minimum Gasteiger partial charge on any atom is -0.390 e. The molecule has 1 aliphatic rings. The molecule has 0 bridgehead atoms. The molecule has 150 valence electrons. The van der Waals surface area contributed by atoms with E-state index in [1.165, 1.54) is 18.0 Å². The van der Waals surface area contributed by atoms with Gasteiger partial charge in [0, 0.05) is 16.8 Å². The van der Waals surface area contributed by atoms with Gasteiger partial charge < -0.3 is 20.3 Å². The van der Waals surface area contributed by atoms with E-state index in [2.05, 4.69) is 15.6 Å². The topological polar surface area (TPSA) is 96.2 Å². The Morgan fingerprint density at radius 3 is 2.79 bits per heavy atom. The number of nitrogens with zero attached hydrogens (tertiary/aromatic N) is 2. The fraction of sp³-hybridized carbons (Fsp3) is 0.421. The number of thioether (sulfide) groups is 1. The first-order chi connectivity index (χ1) is 13.5. The van der Waals surface area contributed by atoms with Crippen molar-refractivity contribution in [2.45, 2.75) is 50.0 Å². The lowest BCUT2D eigenvalue weighted by atomic mass is 10.2. The molecule has 0 saturated heterocycles. The van der Waals surface area contributed by atoms with Gasteiger partial charge in [0.1, 0.15) is 6.54 Å². The molecule has 1 heterocycles. The maximum absolute atomic E-state index is 12.4. The molecule has 0 spiro atoms. The maximum atomic E-state index is 12.4. The van der Waals surface area contributed by atoms with Crippen LogP contribution in [0.4, 0.5) is 5.69 Å². The first-order valence-electron chi connectivity index (χ1n) is 9.18. The molecule has 9 heteroatoms. The summed E-state index contributed by atoms with van der Waals surface area (Å²) < 4.78 is 1.65. The van der Waals surface area contributed by atoms with Crippen molar-refractivity contribution in [1.82, 2.24) is 14.9 Å². The normalized spacial score (nSPS) is 14.2. The van der Waals surface area contributed by atoms with Crippen LogP contribution in [0.3, 0.4) is 0 Å². The Bertz CT molecular complexity index is 836. The number of nitrogens with one attached hydrogen (secondary N) is 2. The van der Waals surface area contributed by atoms with Gasteiger partial charge in [-0.15, -0.1) is 0 Å². The zero-order chi connectivity index (χ0) is 19.9. The number of aromatic nitrogens is 2. The third-order valence-corrected chi connectivity index (χ3v) is 5.75. The summed E-state index contributed by atoms with van der Waals surface area (Å²) in [5.74, 6) is -0.189. The van der Waals surface area contributed by atoms with Gasteiger partial charge in [0.05, 0.1) is 24.3 Å². The van der Waals surface area contributed by atoms with Gasteiger partial charge in [-0.3, -0.25) is 9.59 Å². The Morgan fingerprint density at radius 1 is 1.29 bits per heavy atom. The van der Waals surface area contributed by atoms with Gasteiger partial charge in [0.25, 0.3) is 0 Å². The summed E-state index contributed by atoms with van der Waals surface area (Å²) in [6.45, 7) is -0.149. The zero-order valence-corrected chi connectivity index (χ0v) is 16.9. The Hall–Kier alpha value is -2.03. The summed E-state index contributed by atoms with van der Waals surface area (Å²) in [5, 5.41) is 16.4. The molecule has 2 amide bonds. The molecule has 1 fully saturated rings. The fourth-order valence-electron chi connectivity index (χ4n) is 3.18. The monoisotopic (exact) mass is 422 g/mol. The van der Waals surface area contributed by atoms with E-state index in [1.54, 1.807) is 28.8 Å². The van der Waals surface area contributed by atoms with Crippen molar-refractivity contribution < 1.29 is 14.7 Å². The van der Waals surface area contributed by atoms with E-state index in [4.69, 9.17) is 11.6 Å². The van der Waals surface area contributed by atoms with Crippen LogP contribution in [0.5, 0.6) is 0 Å². The molecule has 1 aromatic heterocycles. The largest absolute Gasteiger partial charge is 0.390 e. The molecule has 0 radical (unpaired) electrons. The van der Waals surface area contributed by atoms with Gasteiger partial charge in [-0.1, -0.05) is 42.3 Å². The third-order valence-electron chi connectivity index (χ3n) is 4.53. The minimum atomic E-state index is -0.223. The molecule has 1 saturated carbocycles. The van der Waals surface area contributed by atoms with Crippen molar-refractivity contribution in [2.24, 2.45) is 0 Å². The Balaban J connectivity index is 1.58. The summed E-state index contributed by atoms with van der Waals surface area (Å²) >= 11 is 7.13. The van der Waals surface area contributed by atoms with Crippen LogP contribution in [0.1, 0.15) is 31.4 Å². The van der Waals surface area contributed by atoms with Gasteiger partial charge in [-0.05, 0) is 31.0 Å². The average Bonchev–Trinajstić information content (AvgIpc) is 3.30. The average molecular weight is 423 g/mol. The first-order valence-corrected chi connectivity index (χ1v) is 10.5. The zero-order valence-electron chi connectivity index (χ0n) is 15.4. The Labute approximate surface area is 172 Å². The number of aliphatic hydroxyl groups is 1. The van der Waals surface area contributed by atoms with Crippen LogP contribution < -0.4 is 10.6 Å². The number of amides is 2. The van der Waals surface area contributed by atoms with Crippen molar-refractivity contribution >= 4 is 40.9 Å². The molecule has 7 nitrogen and oxygen atoms in total. The van der Waals surface area contributed by atoms with Crippen LogP contribution in [-0.4, -0.2) is 38.3 Å². The molecule has 1 aromatic carbocycles. The highest BCUT2D eigenvalue weighted by Gasteiger charge is 2.19. The van der Waals surface area contributed by atoms with E-state index in [1.807, 2.05) is 0 Å². The summed E-state index contributed by atoms with van der Waals surface area (Å²) in [6, 6.07) is 7.15. The first kappa shape index (κ1) is 20.7. The number of halogens is 1. The van der Waals surface area contributed by atoms with Crippen LogP contribution in [0.25, 0.3) is 0 Å². The van der Waals surface area contributed by atoms with Crippen LogP contribution in [0, 0.1) is 0 Å². The standard InChI is InChI=1S/C19H23ClN4O3S/c20-13-4-3-7-15(8-13)23-18(27)12-28-19-21-9-16(11-25)24(19)10-17(26)22-14-5-1-2-6-14/h3-4,7-9,14,25H,1-2,5-6,10-12H2,(H,22,26)(H,23,27). The highest BCUT2D eigenvalue weighted by Crippen LogP contribution is 2.21. The second-order valence-corrected chi connectivity index (χ2v) is 8.05. The van der Waals surface area contributed by atoms with E-state index < -0.39 is 0 Å². The number of benzene rings is 1. The van der Waals surface area contributed by atoms with Crippen molar-refractivity contribution in [3.63, 3.8) is 0 Å². The SMILES string of the molecule is O=C(CSc1ncc(CO)n1CC(=O)NC1CCCC1)Nc1cccc(Cl)c1. The maximum Gasteiger partial charge on any atom is 0.240 e. The van der Waals surface area contributed by atoms with E-state index in [9.17, 15) is 14.7 Å². The molecule has 1 aliphatic carbocycles. The molecular formula is C19H23ClN4O3S. The summed E-state index contributed by atoms with van der Waals surface area (Å²) in [5.41, 5.74) is 1.16. The molecule has 0 aliphatic heterocycles. The summed E-state index contributed by atoms with van der Waals surface area (Å²) in [7, 11) is 0. The lowest BCUT2D eigenvalue weighted by molar-refractivity contribution is -0.122. The number of hydrogen-bond donors (Lipinski definition) is 3. The Kier molecular flexibility index (Phi) is 7.36. The second-order valence-electron chi connectivity index (χ2n) is 6.67. The number of anilines is 1. The lowest BCUT2D eigenvalue weighted by Crippen LogP contribution is -2.35. The quantitative estimate of drug-likeness (QED) is 0.568. The molecule has 28 heavy (non-hydrogen) atoms. The number of hydrogen-bond acceptors (Lipinski definition) is 5. The van der Waals surface area contributed by atoms with Gasteiger partial charge in [0.2, 0.25) is 11.8 Å². The van der Waals surface area contributed by atoms with Crippen molar-refractivity contribution in [2.75, 3.05) is 11.1 Å². The number of carbonyl (C=O) groups is 2. The van der Waals surface area contributed by atoms with Crippen molar-refractivity contribution in [3.05, 3.63) is 41.2 Å². The van der Waals surface area contributed by atoms with Gasteiger partial charge >= 0.3 is 0 Å². The van der Waals surface area contributed by atoms with Crippen LogP contribution in [-0.2, 0) is 22.7 Å². The van der Waals surface area contributed by atoms with E-state index in [0.29, 0.717) is 21.6 Å². The Morgan fingerprint density at radius 2 is 2.07 bits per heavy atom. The van der Waals surface area contributed by atoms with Crippen LogP contribution in [0.2, 0.25) is 5.02 Å². The second kappa shape index (κ2) is 9.95. The van der Waals surface area contributed by atoms with Gasteiger partial charge in [-0.2, -0.15) is 0 Å². The number of aliphatic hydroxyl groups excluding tert-OH is 1. The van der Waals surface area contributed by atoms with Crippen LogP contribution in [0.15, 0.2) is 35.6 Å². The number of carbonyl (C=O) groups excluding carboxylic acids is 2. The van der Waals surface area contributed by atoms with E-state index in [0.717, 1.165) is 25.7 Å². The minimum absolute atomic E-state index is 0.0740. The molecular weight excluding hydrogens is 400 g/mol. The number of imidazole rings is 1. The fourth-order valence-corrected chi connectivity index (χ4v) is 4.17. The lowest BCUT2D eigenvalue weighted by Gasteiger charge is -2.14. The summed E-state index contributed by atoms with van der Waals surface area (Å²) in [4.78, 5) is 28.8. The van der Waals surface area contributed by atoms with E-state index in [-0.39, 0.29) is 36.8 Å². The smallest absolute Gasteiger partial charge is 0.240 e. The van der Waals surface area contributed by atoms with Gasteiger partial charge in [0.15, 0.2) is 5.16 Å². The number of rotatable bonds is 8. The van der Waals surface area contributed by atoms with Crippen LogP contribution >= 0.6 is 23.4 Å². The third kappa shape index (κ3) is 5.73. The molecule has 2 aromatic rings. The predicted octanol–water partition coefficient (Wildman–Crippen LogP) is 2.82. The van der Waals surface area contributed by atoms with E-state index >= 15 is 0 Å². The van der Waals surface area contributed by atoms with Crippen molar-refractivity contribution in [3.8, 4) is 0 Å². The predicted molar refractivity (Wildman–Crippen MR) is 109 cm³/mol. The molecule has 0 atom stereocenters. The summed E-state index contributed by atoms with van der Waals surface area (Å²) in [6.07, 6.45) is 5.82. The highest BCUT2D eigenvalue weighted by atomic mass is 35.5. The molecule has 3 rings (SSSR count). The molecule has 0 unspecified atom stereocenters. The van der Waals surface area contributed by atoms with Crippen molar-refractivity contribution in [1.29, 1.82) is 0 Å². The molecule has 3 N–H and O–H groups in total. The highest BCUT2D eigenvalue weighted by molar-refractivity contribution is 7.99. The van der Waals surface area contributed by atoms with Gasteiger partial charge in [-0.25, -0.2) is 4.98 Å².